The smallest absolute Gasteiger partial charge is 0.180 e. The Morgan fingerprint density at radius 1 is 0.327 bits per heavy atom. The van der Waals surface area contributed by atoms with Crippen LogP contribution in [-0.4, -0.2) is 9.97 Å². The number of benzene rings is 7. The van der Waals surface area contributed by atoms with Crippen LogP contribution < -0.4 is 0 Å². The summed E-state index contributed by atoms with van der Waals surface area (Å²) in [6, 6.07) is 63.4. The molecular weight excluding hydrogens is 597 g/mol. The monoisotopic (exact) mass is 626 g/mol. The largest absolute Gasteiger partial charge is 0.452 e. The summed E-state index contributed by atoms with van der Waals surface area (Å²) in [6.45, 7) is 0. The predicted molar refractivity (Wildman–Crippen MR) is 202 cm³/mol. The summed E-state index contributed by atoms with van der Waals surface area (Å²) in [7, 11) is 0. The Morgan fingerprint density at radius 2 is 0.755 bits per heavy atom. The van der Waals surface area contributed by atoms with Crippen molar-refractivity contribution < 1.29 is 4.42 Å². The Bertz CT molecular complexity index is 2530. The van der Waals surface area contributed by atoms with Gasteiger partial charge in [-0.2, -0.15) is 0 Å². The number of fused-ring (bicyclic) bond motifs is 3. The van der Waals surface area contributed by atoms with Crippen molar-refractivity contribution in [2.45, 2.75) is 0 Å². The van der Waals surface area contributed by atoms with Gasteiger partial charge in [0, 0.05) is 16.5 Å². The van der Waals surface area contributed by atoms with Gasteiger partial charge in [0.15, 0.2) is 11.4 Å². The third kappa shape index (κ3) is 5.48. The van der Waals surface area contributed by atoms with Crippen LogP contribution in [-0.2, 0) is 0 Å². The number of aromatic nitrogens is 2. The first-order valence-corrected chi connectivity index (χ1v) is 16.5. The van der Waals surface area contributed by atoms with Crippen LogP contribution in [0.25, 0.3) is 89.2 Å². The number of rotatable bonds is 6. The van der Waals surface area contributed by atoms with Gasteiger partial charge in [0.05, 0.1) is 0 Å². The first-order chi connectivity index (χ1) is 24.3. The van der Waals surface area contributed by atoms with E-state index >= 15 is 0 Å². The van der Waals surface area contributed by atoms with Gasteiger partial charge in [0.2, 0.25) is 0 Å². The zero-order chi connectivity index (χ0) is 32.6. The molecule has 3 heteroatoms. The van der Waals surface area contributed by atoms with Crippen molar-refractivity contribution in [1.82, 2.24) is 9.97 Å². The first-order valence-electron chi connectivity index (χ1n) is 16.5. The minimum absolute atomic E-state index is 0.653. The first kappa shape index (κ1) is 28.6. The molecule has 0 bridgehead atoms. The molecule has 9 rings (SSSR count). The van der Waals surface area contributed by atoms with Crippen LogP contribution in [0.4, 0.5) is 0 Å². The molecule has 0 aliphatic carbocycles. The molecule has 230 valence electrons. The highest BCUT2D eigenvalue weighted by molar-refractivity contribution is 6.07. The van der Waals surface area contributed by atoms with Crippen LogP contribution in [0.5, 0.6) is 0 Å². The SMILES string of the molecule is c1ccc(-c2cccc(-c3cccc(-c4nc(-c5cc(-c6ccccc6)cc(-c6ccccc6)c5)nc5c4oc4ccccc45)c3)c2)cc1. The van der Waals surface area contributed by atoms with E-state index in [0.717, 1.165) is 66.7 Å². The lowest BCUT2D eigenvalue weighted by molar-refractivity contribution is 0.667. The zero-order valence-corrected chi connectivity index (χ0v) is 26.6. The molecule has 0 aliphatic rings. The maximum Gasteiger partial charge on any atom is 0.180 e. The topological polar surface area (TPSA) is 38.9 Å². The van der Waals surface area contributed by atoms with Gasteiger partial charge >= 0.3 is 0 Å². The van der Waals surface area contributed by atoms with Crippen molar-refractivity contribution in [3.63, 3.8) is 0 Å². The molecule has 2 aromatic heterocycles. The Kier molecular flexibility index (Phi) is 7.14. The minimum atomic E-state index is 0.653. The molecule has 0 atom stereocenters. The summed E-state index contributed by atoms with van der Waals surface area (Å²) in [5, 5.41) is 0.969. The Hall–Kier alpha value is -6.58. The summed E-state index contributed by atoms with van der Waals surface area (Å²) < 4.78 is 6.51. The van der Waals surface area contributed by atoms with E-state index in [1.54, 1.807) is 0 Å². The fourth-order valence-corrected chi connectivity index (χ4v) is 6.62. The lowest BCUT2D eigenvalue weighted by Gasteiger charge is -2.12. The number of hydrogen-bond acceptors (Lipinski definition) is 3. The van der Waals surface area contributed by atoms with Gasteiger partial charge in [-0.25, -0.2) is 9.97 Å². The maximum atomic E-state index is 6.51. The Labute approximate surface area is 284 Å². The van der Waals surface area contributed by atoms with Crippen molar-refractivity contribution >= 4 is 22.1 Å². The van der Waals surface area contributed by atoms with Crippen molar-refractivity contribution in [1.29, 1.82) is 0 Å². The van der Waals surface area contributed by atoms with Crippen LogP contribution in [0, 0.1) is 0 Å². The average Bonchev–Trinajstić information content (AvgIpc) is 3.57. The van der Waals surface area contributed by atoms with Crippen LogP contribution in [0.1, 0.15) is 0 Å². The fourth-order valence-electron chi connectivity index (χ4n) is 6.62. The molecule has 2 heterocycles. The molecule has 49 heavy (non-hydrogen) atoms. The molecule has 0 spiro atoms. The fraction of sp³-hybridized carbons (Fsp3) is 0. The summed E-state index contributed by atoms with van der Waals surface area (Å²) in [5.41, 5.74) is 14.1. The van der Waals surface area contributed by atoms with Crippen LogP contribution >= 0.6 is 0 Å². The molecule has 0 saturated carbocycles. The third-order valence-corrected chi connectivity index (χ3v) is 9.06. The number of furan rings is 1. The van der Waals surface area contributed by atoms with E-state index in [0.29, 0.717) is 11.4 Å². The number of nitrogens with zero attached hydrogens (tertiary/aromatic N) is 2. The summed E-state index contributed by atoms with van der Waals surface area (Å²) >= 11 is 0. The summed E-state index contributed by atoms with van der Waals surface area (Å²) in [4.78, 5) is 10.5. The van der Waals surface area contributed by atoms with Gasteiger partial charge in [-0.05, 0) is 87.0 Å². The highest BCUT2D eigenvalue weighted by Crippen LogP contribution is 2.39. The Balaban J connectivity index is 1.24. The van der Waals surface area contributed by atoms with Crippen molar-refractivity contribution in [3.05, 3.63) is 182 Å². The van der Waals surface area contributed by atoms with Gasteiger partial charge in [-0.3, -0.25) is 0 Å². The van der Waals surface area contributed by atoms with Crippen molar-refractivity contribution in [2.75, 3.05) is 0 Å². The second kappa shape index (κ2) is 12.2. The predicted octanol–water partition coefficient (Wildman–Crippen LogP) is 12.4. The highest BCUT2D eigenvalue weighted by Gasteiger charge is 2.19. The molecular formula is C46H30N2O. The van der Waals surface area contributed by atoms with Gasteiger partial charge in [0.1, 0.15) is 16.8 Å². The van der Waals surface area contributed by atoms with E-state index in [1.165, 1.54) is 11.1 Å². The lowest BCUT2D eigenvalue weighted by atomic mass is 9.95. The number of para-hydroxylation sites is 1. The van der Waals surface area contributed by atoms with E-state index in [4.69, 9.17) is 14.4 Å². The maximum absolute atomic E-state index is 6.51. The molecule has 0 radical (unpaired) electrons. The van der Waals surface area contributed by atoms with Crippen LogP contribution in [0.3, 0.4) is 0 Å². The quantitative estimate of drug-likeness (QED) is 0.184. The van der Waals surface area contributed by atoms with E-state index in [-0.39, 0.29) is 0 Å². The number of hydrogen-bond donors (Lipinski definition) is 0. The average molecular weight is 627 g/mol. The third-order valence-electron chi connectivity index (χ3n) is 9.06. The lowest BCUT2D eigenvalue weighted by Crippen LogP contribution is -1.95. The second-order valence-corrected chi connectivity index (χ2v) is 12.2. The van der Waals surface area contributed by atoms with E-state index < -0.39 is 0 Å². The van der Waals surface area contributed by atoms with Gasteiger partial charge in [-0.1, -0.05) is 140 Å². The normalized spacial score (nSPS) is 11.3. The van der Waals surface area contributed by atoms with Gasteiger partial charge in [-0.15, -0.1) is 0 Å². The van der Waals surface area contributed by atoms with Crippen molar-refractivity contribution in [2.24, 2.45) is 0 Å². The molecule has 0 saturated heterocycles. The summed E-state index contributed by atoms with van der Waals surface area (Å²) in [6.07, 6.45) is 0. The Morgan fingerprint density at radius 3 is 1.37 bits per heavy atom. The van der Waals surface area contributed by atoms with Crippen LogP contribution in [0.2, 0.25) is 0 Å². The second-order valence-electron chi connectivity index (χ2n) is 12.2. The van der Waals surface area contributed by atoms with Gasteiger partial charge in [0.25, 0.3) is 0 Å². The van der Waals surface area contributed by atoms with E-state index in [2.05, 4.69) is 146 Å². The molecule has 0 amide bonds. The van der Waals surface area contributed by atoms with Gasteiger partial charge < -0.3 is 4.42 Å². The molecule has 0 fully saturated rings. The van der Waals surface area contributed by atoms with E-state index in [1.807, 2.05) is 36.4 Å². The molecule has 0 unspecified atom stereocenters. The molecule has 3 nitrogen and oxygen atoms in total. The highest BCUT2D eigenvalue weighted by atomic mass is 16.3. The zero-order valence-electron chi connectivity index (χ0n) is 26.6. The summed E-state index contributed by atoms with van der Waals surface area (Å²) in [5.74, 6) is 0.653. The minimum Gasteiger partial charge on any atom is -0.452 e. The van der Waals surface area contributed by atoms with Crippen LogP contribution in [0.15, 0.2) is 186 Å². The molecule has 7 aromatic carbocycles. The standard InChI is InChI=1S/C46H30N2O/c1-4-14-31(15-5-1)34-20-12-21-35(26-34)36-22-13-23-37(27-36)43-45-44(41-24-10-11-25-42(41)49-45)48-46(47-43)40-29-38(32-16-6-2-7-17-32)28-39(30-40)33-18-8-3-9-19-33/h1-30H. The van der Waals surface area contributed by atoms with Crippen molar-refractivity contribution in [3.8, 4) is 67.2 Å². The molecule has 0 aliphatic heterocycles. The van der Waals surface area contributed by atoms with E-state index in [9.17, 15) is 0 Å². The molecule has 0 N–H and O–H groups in total. The molecule has 9 aromatic rings.